The molecular formula is C134H112B3N5O. The van der Waals surface area contributed by atoms with Gasteiger partial charge in [0.15, 0.2) is 11.5 Å². The Morgan fingerprint density at radius 3 is 0.650 bits per heavy atom. The fourth-order valence-corrected chi connectivity index (χ4v) is 24.0. The summed E-state index contributed by atoms with van der Waals surface area (Å²) in [6, 6.07) is 157. The molecule has 0 aromatic heterocycles. The third kappa shape index (κ3) is 14.4. The van der Waals surface area contributed by atoms with E-state index in [1.54, 1.807) is 0 Å². The second kappa shape index (κ2) is 32.4. The summed E-state index contributed by atoms with van der Waals surface area (Å²) in [6.45, 7) is 34.8. The largest absolute Gasteiger partial charge is 0.453 e. The summed E-state index contributed by atoms with van der Waals surface area (Å²) >= 11 is 0. The number of hydrogen-bond donors (Lipinski definition) is 0. The van der Waals surface area contributed by atoms with Gasteiger partial charge >= 0.3 is 0 Å². The zero-order chi connectivity index (χ0) is 97.3. The topological polar surface area (TPSA) is 25.4 Å². The van der Waals surface area contributed by atoms with Gasteiger partial charge in [-0.1, -0.05) is 389 Å². The standard InChI is InChI=1S/C134H112B3N5O/c1-130(2,3)99-56-58-114-108(72-99)135-110-80-111-117(81-116(110)140(106-68-95(87-48-32-20-33-49-87)62-96(69-106)88-50-34-21-35-51-88)119-77-103(134(13,14)15)76-118(124(119)135)138(114)104-64-91(83-40-24-16-25-41-83)60-92(65-104)84-42-26-17-27-43-84)141(107-70-97(89-52-36-22-37-53-89)63-98(71-107)90-54-38-23-39-55-90)121-82-120-125-129-126(121)137(111)113-75-102(133(10,11)12)79-123-128(113)142(129)127-112(74-101(132(7,8)9)78-122(127)143-123)136(125)109-73-100(131(4,5)6)57-59-115(109)139(120)105-66-93(85-44-28-18-29-45-85)61-94(67-105)86-46-30-19-31-47-86/h16-82H,1-15H3. The van der Waals surface area contributed by atoms with Crippen molar-refractivity contribution >= 4 is 155 Å². The van der Waals surface area contributed by atoms with Gasteiger partial charge in [-0.3, -0.25) is 0 Å². The Kier molecular flexibility index (Phi) is 19.8. The molecule has 0 N–H and O–H groups in total. The van der Waals surface area contributed by atoms with E-state index in [2.05, 4.69) is 535 Å². The number of benzene rings is 19. The molecule has 0 bridgehead atoms. The minimum Gasteiger partial charge on any atom is -0.453 e. The number of anilines is 15. The number of fused-ring (bicyclic) bond motifs is 10. The van der Waals surface area contributed by atoms with Crippen molar-refractivity contribution in [3.8, 4) is 101 Å². The van der Waals surface area contributed by atoms with E-state index in [9.17, 15) is 0 Å². The van der Waals surface area contributed by atoms with Crippen LogP contribution in [0.3, 0.4) is 0 Å². The van der Waals surface area contributed by atoms with Gasteiger partial charge in [-0.25, -0.2) is 0 Å². The van der Waals surface area contributed by atoms with Crippen molar-refractivity contribution in [2.24, 2.45) is 0 Å². The Labute approximate surface area is 843 Å². The molecular weight excluding hydrogens is 1730 g/mol. The second-order valence-electron chi connectivity index (χ2n) is 45.7. The lowest BCUT2D eigenvalue weighted by molar-refractivity contribution is 0.470. The van der Waals surface area contributed by atoms with Crippen molar-refractivity contribution in [2.75, 3.05) is 24.5 Å². The van der Waals surface area contributed by atoms with Gasteiger partial charge in [0.25, 0.3) is 20.1 Å². The Bertz CT molecular complexity index is 8210. The van der Waals surface area contributed by atoms with E-state index >= 15 is 0 Å². The SMILES string of the molecule is CC(C)(C)c1ccc2c(c1)B1c3cc4c(cc3N(c3cc(-c5ccccc5)cc(-c5ccccc5)c3)c3cc(C(C)(C)C)cc(c31)N2c1cc(-c2ccccc2)cc(-c2ccccc2)c1)N(c1cc(-c2ccccc2)cc(-c2ccccc2)c1)c1cc2c3c5c1B4c1cc(C(C)(C)C)cc4c1N5c1c(cc(C(C)(C)C)cc1B3c1cc(C(C)(C)C)ccc1N2c1cc(-c2ccccc2)cc(-c2ccccc2)c1)O4. The van der Waals surface area contributed by atoms with E-state index in [0.29, 0.717) is 0 Å². The van der Waals surface area contributed by atoms with Gasteiger partial charge in [-0.05, 0) is 314 Å². The van der Waals surface area contributed by atoms with Crippen molar-refractivity contribution in [2.45, 2.75) is 131 Å². The van der Waals surface area contributed by atoms with Crippen LogP contribution in [-0.2, 0) is 27.1 Å². The molecule has 0 aliphatic carbocycles. The molecule has 0 saturated carbocycles. The lowest BCUT2D eigenvalue weighted by atomic mass is 9.27. The van der Waals surface area contributed by atoms with Crippen LogP contribution in [-0.4, -0.2) is 20.1 Å². The zero-order valence-electron chi connectivity index (χ0n) is 84.1. The molecule has 7 heterocycles. The Balaban J connectivity index is 0.856. The summed E-state index contributed by atoms with van der Waals surface area (Å²) in [5, 5.41) is 0. The van der Waals surface area contributed by atoms with Crippen LogP contribution in [0, 0.1) is 0 Å². The maximum Gasteiger partial charge on any atom is 0.252 e. The summed E-state index contributed by atoms with van der Waals surface area (Å²) < 4.78 is 8.14. The maximum absolute atomic E-state index is 8.14. The van der Waals surface area contributed by atoms with Crippen molar-refractivity contribution in [3.63, 3.8) is 0 Å². The third-order valence-electron chi connectivity index (χ3n) is 31.4. The molecule has 26 rings (SSSR count). The fourth-order valence-electron chi connectivity index (χ4n) is 24.0. The minimum atomic E-state index is -0.413. The van der Waals surface area contributed by atoms with Crippen LogP contribution in [0.15, 0.2) is 406 Å². The molecule has 0 fully saturated rings. The van der Waals surface area contributed by atoms with Gasteiger partial charge in [0.2, 0.25) is 0 Å². The van der Waals surface area contributed by atoms with E-state index in [1.165, 1.54) is 82.7 Å². The zero-order valence-corrected chi connectivity index (χ0v) is 84.1. The quantitative estimate of drug-likeness (QED) is 0.113. The van der Waals surface area contributed by atoms with Crippen molar-refractivity contribution in [3.05, 3.63) is 434 Å². The van der Waals surface area contributed by atoms with Crippen LogP contribution < -0.4 is 78.4 Å². The Hall–Kier alpha value is -15.8. The highest BCUT2D eigenvalue weighted by Crippen LogP contribution is 2.60. The van der Waals surface area contributed by atoms with Crippen molar-refractivity contribution in [1.29, 1.82) is 0 Å². The first kappa shape index (κ1) is 87.4. The van der Waals surface area contributed by atoms with Crippen LogP contribution in [0.5, 0.6) is 11.5 Å². The van der Waals surface area contributed by atoms with E-state index < -0.39 is 6.71 Å². The molecule has 19 aromatic carbocycles. The van der Waals surface area contributed by atoms with Crippen molar-refractivity contribution < 1.29 is 4.74 Å². The summed E-state index contributed by atoms with van der Waals surface area (Å²) in [5.74, 6) is 1.74. The molecule has 143 heavy (non-hydrogen) atoms. The first-order chi connectivity index (χ1) is 69.0. The highest BCUT2D eigenvalue weighted by molar-refractivity contribution is 7.06. The monoisotopic (exact) mass is 1840 g/mol. The number of rotatable bonds is 12. The van der Waals surface area contributed by atoms with E-state index in [1.807, 2.05) is 0 Å². The molecule has 9 heteroatoms. The predicted molar refractivity (Wildman–Crippen MR) is 611 cm³/mol. The van der Waals surface area contributed by atoms with Crippen LogP contribution in [0.2, 0.25) is 0 Å². The van der Waals surface area contributed by atoms with Gasteiger partial charge in [0, 0.05) is 73.9 Å². The first-order valence-electron chi connectivity index (χ1n) is 51.0. The molecule has 0 unspecified atom stereocenters. The van der Waals surface area contributed by atoms with Gasteiger partial charge in [-0.2, -0.15) is 0 Å². The predicted octanol–water partition coefficient (Wildman–Crippen LogP) is 30.4. The van der Waals surface area contributed by atoms with Crippen LogP contribution in [0.25, 0.3) is 89.0 Å². The van der Waals surface area contributed by atoms with Crippen LogP contribution in [0.1, 0.15) is 132 Å². The number of nitrogens with zero attached hydrogens (tertiary/aromatic N) is 5. The number of hydrogen-bond acceptors (Lipinski definition) is 6. The van der Waals surface area contributed by atoms with Gasteiger partial charge in [0.05, 0.1) is 11.4 Å². The summed E-state index contributed by atoms with van der Waals surface area (Å²) in [7, 11) is 0. The lowest BCUT2D eigenvalue weighted by Gasteiger charge is -2.53. The van der Waals surface area contributed by atoms with Crippen LogP contribution in [0.4, 0.5) is 85.3 Å². The average molecular weight is 1840 g/mol. The highest BCUT2D eigenvalue weighted by atomic mass is 16.5. The van der Waals surface area contributed by atoms with Gasteiger partial charge in [0.1, 0.15) is 0 Å². The fraction of sp³-hybridized carbons (Fsp3) is 0.149. The number of ether oxygens (including phenoxy) is 1. The molecule has 0 amide bonds. The molecule has 0 atom stereocenters. The average Bonchev–Trinajstić information content (AvgIpc) is 0.653. The summed E-state index contributed by atoms with van der Waals surface area (Å²) in [4.78, 5) is 13.7. The molecule has 7 aliphatic rings. The molecule has 0 radical (unpaired) electrons. The molecule has 0 spiro atoms. The molecule has 688 valence electrons. The third-order valence-corrected chi connectivity index (χ3v) is 31.4. The van der Waals surface area contributed by atoms with Crippen LogP contribution >= 0.6 is 0 Å². The minimum absolute atomic E-state index is 0.222. The molecule has 6 nitrogen and oxygen atoms in total. The van der Waals surface area contributed by atoms with Crippen molar-refractivity contribution in [1.82, 2.24) is 0 Å². The summed E-state index contributed by atoms with van der Waals surface area (Å²) in [6.07, 6.45) is 0. The second-order valence-corrected chi connectivity index (χ2v) is 45.7. The first-order valence-corrected chi connectivity index (χ1v) is 51.0. The Morgan fingerprint density at radius 1 is 0.161 bits per heavy atom. The van der Waals surface area contributed by atoms with Gasteiger partial charge in [-0.15, -0.1) is 0 Å². The maximum atomic E-state index is 8.14. The van der Waals surface area contributed by atoms with Gasteiger partial charge < -0.3 is 29.2 Å². The lowest BCUT2D eigenvalue weighted by Crippen LogP contribution is -2.70. The molecule has 7 aliphatic heterocycles. The van der Waals surface area contributed by atoms with E-state index in [-0.39, 0.29) is 40.5 Å². The highest BCUT2D eigenvalue weighted by Gasteiger charge is 2.57. The Morgan fingerprint density at radius 2 is 0.385 bits per heavy atom. The van der Waals surface area contributed by atoms with E-state index in [0.717, 1.165) is 180 Å². The molecule has 0 saturated heterocycles. The van der Waals surface area contributed by atoms with E-state index in [4.69, 9.17) is 4.74 Å². The summed E-state index contributed by atoms with van der Waals surface area (Å²) in [5.41, 5.74) is 50.8. The molecule has 19 aromatic rings. The smallest absolute Gasteiger partial charge is 0.252 e. The normalized spacial score (nSPS) is 13.8.